The molecule has 1 aromatic rings. The zero-order valence-electron chi connectivity index (χ0n) is 12.7. The largest absolute Gasteiger partial charge is 0.498 e. The summed E-state index contributed by atoms with van der Waals surface area (Å²) in [5.74, 6) is 0. The van der Waals surface area contributed by atoms with Crippen molar-refractivity contribution in [2.75, 3.05) is 6.54 Å². The molecule has 1 amide bonds. The van der Waals surface area contributed by atoms with Gasteiger partial charge in [-0.25, -0.2) is 10.2 Å². The van der Waals surface area contributed by atoms with Gasteiger partial charge in [0, 0.05) is 24.4 Å². The maximum absolute atomic E-state index is 10.3. The lowest BCUT2D eigenvalue weighted by atomic mass is 9.82. The van der Waals surface area contributed by atoms with Crippen LogP contribution in [0.5, 0.6) is 0 Å². The van der Waals surface area contributed by atoms with E-state index >= 15 is 0 Å². The van der Waals surface area contributed by atoms with Crippen LogP contribution in [-0.2, 0) is 15.9 Å². The number of hydrazine groups is 1. The van der Waals surface area contributed by atoms with Crippen LogP contribution in [-0.4, -0.2) is 45.8 Å². The molecule has 1 aliphatic heterocycles. The Balaban J connectivity index is 1.91. The molecule has 0 aliphatic carbocycles. The number of rotatable bonds is 5. The Morgan fingerprint density at radius 3 is 2.57 bits per heavy atom. The maximum atomic E-state index is 10.3. The number of carboxylic acid groups (broad SMARTS) is 1. The third-order valence-electron chi connectivity index (χ3n) is 3.84. The number of amides is 1. The van der Waals surface area contributed by atoms with Gasteiger partial charge in [-0.15, -0.1) is 0 Å². The summed E-state index contributed by atoms with van der Waals surface area (Å²) in [6.07, 6.45) is 2.42. The normalized spacial score (nSPS) is 19.7. The quantitative estimate of drug-likeness (QED) is 0.400. The highest BCUT2D eigenvalue weighted by Gasteiger charge is 2.52. The highest BCUT2D eigenvalue weighted by atomic mass is 16.7. The fourth-order valence-electron chi connectivity index (χ4n) is 1.91. The fraction of sp³-hybridized carbons (Fsp3) is 0.667. The molecule has 0 radical (unpaired) electrons. The van der Waals surface area contributed by atoms with Gasteiger partial charge < -0.3 is 14.4 Å². The van der Waals surface area contributed by atoms with Crippen molar-refractivity contribution in [2.45, 2.75) is 45.4 Å². The van der Waals surface area contributed by atoms with Gasteiger partial charge in [0.25, 0.3) is 0 Å². The minimum absolute atomic E-state index is 0.382. The predicted octanol–water partition coefficient (Wildman–Crippen LogP) is -0.0455. The Bertz CT molecular complexity index is 501. The van der Waals surface area contributed by atoms with Crippen molar-refractivity contribution in [3.05, 3.63) is 12.4 Å². The number of nitrogens with one attached hydrogen (secondary N) is 2. The standard InChI is InChI=1S/C12H21BN4O4/c1-11(2)12(3,4)21-13(20-11)9-7-15-17(8-9)6-5-14-16-10(18)19/h7-8,14,16H,5-6H2,1-4H3,(H,18,19). The molecule has 0 aromatic carbocycles. The molecule has 0 unspecified atom stereocenters. The van der Waals surface area contributed by atoms with E-state index in [9.17, 15) is 4.79 Å². The number of nitrogens with zero attached hydrogens (tertiary/aromatic N) is 2. The lowest BCUT2D eigenvalue weighted by Gasteiger charge is -2.32. The topological polar surface area (TPSA) is 97.6 Å². The summed E-state index contributed by atoms with van der Waals surface area (Å²) in [6.45, 7) is 8.95. The Morgan fingerprint density at radius 1 is 1.38 bits per heavy atom. The molecule has 8 nitrogen and oxygen atoms in total. The van der Waals surface area contributed by atoms with E-state index in [-0.39, 0.29) is 11.2 Å². The Kier molecular flexibility index (Phi) is 4.26. The van der Waals surface area contributed by atoms with Crippen LogP contribution in [0.15, 0.2) is 12.4 Å². The summed E-state index contributed by atoms with van der Waals surface area (Å²) >= 11 is 0. The summed E-state index contributed by atoms with van der Waals surface area (Å²) in [7, 11) is -0.436. The number of hydrogen-bond donors (Lipinski definition) is 3. The zero-order valence-corrected chi connectivity index (χ0v) is 12.7. The van der Waals surface area contributed by atoms with E-state index in [1.807, 2.05) is 33.9 Å². The van der Waals surface area contributed by atoms with Crippen LogP contribution in [0.3, 0.4) is 0 Å². The van der Waals surface area contributed by atoms with Gasteiger partial charge in [0.15, 0.2) is 0 Å². The number of carbonyl (C=O) groups is 1. The van der Waals surface area contributed by atoms with Crippen molar-refractivity contribution in [1.29, 1.82) is 0 Å². The smallest absolute Gasteiger partial charge is 0.464 e. The van der Waals surface area contributed by atoms with E-state index in [0.29, 0.717) is 13.1 Å². The first-order chi connectivity index (χ1) is 9.71. The van der Waals surface area contributed by atoms with E-state index in [1.165, 1.54) is 0 Å². The minimum Gasteiger partial charge on any atom is -0.464 e. The van der Waals surface area contributed by atoms with Crippen LogP contribution in [0.1, 0.15) is 27.7 Å². The molecule has 2 rings (SSSR count). The average Bonchev–Trinajstić information content (AvgIpc) is 2.88. The monoisotopic (exact) mass is 296 g/mol. The van der Waals surface area contributed by atoms with Crippen LogP contribution in [0.25, 0.3) is 0 Å². The molecule has 1 fully saturated rings. The van der Waals surface area contributed by atoms with Crippen LogP contribution in [0, 0.1) is 0 Å². The van der Waals surface area contributed by atoms with Crippen molar-refractivity contribution < 1.29 is 19.2 Å². The van der Waals surface area contributed by atoms with Crippen LogP contribution in [0.2, 0.25) is 0 Å². The van der Waals surface area contributed by atoms with E-state index in [1.54, 1.807) is 10.9 Å². The second-order valence-corrected chi connectivity index (χ2v) is 5.98. The minimum atomic E-state index is -1.12. The molecule has 116 valence electrons. The van der Waals surface area contributed by atoms with Gasteiger partial charge in [-0.2, -0.15) is 5.10 Å². The summed E-state index contributed by atoms with van der Waals surface area (Å²) in [6, 6.07) is 0. The van der Waals surface area contributed by atoms with Crippen molar-refractivity contribution in [1.82, 2.24) is 20.6 Å². The van der Waals surface area contributed by atoms with E-state index in [2.05, 4.69) is 16.0 Å². The van der Waals surface area contributed by atoms with Gasteiger partial charge >= 0.3 is 13.2 Å². The van der Waals surface area contributed by atoms with Gasteiger partial charge in [0.05, 0.1) is 17.7 Å². The van der Waals surface area contributed by atoms with Gasteiger partial charge in [-0.3, -0.25) is 10.1 Å². The molecule has 1 saturated heterocycles. The second kappa shape index (κ2) is 5.66. The van der Waals surface area contributed by atoms with E-state index < -0.39 is 13.2 Å². The van der Waals surface area contributed by atoms with Crippen LogP contribution < -0.4 is 16.3 Å². The average molecular weight is 296 g/mol. The van der Waals surface area contributed by atoms with Gasteiger partial charge in [-0.05, 0) is 27.7 Å². The molecule has 3 N–H and O–H groups in total. The Hall–Kier alpha value is -1.58. The molecule has 21 heavy (non-hydrogen) atoms. The van der Waals surface area contributed by atoms with E-state index in [0.717, 1.165) is 5.46 Å². The first-order valence-electron chi connectivity index (χ1n) is 6.81. The van der Waals surface area contributed by atoms with Crippen molar-refractivity contribution >= 4 is 18.7 Å². The highest BCUT2D eigenvalue weighted by molar-refractivity contribution is 6.61. The molecular formula is C12H21BN4O4. The molecule has 2 heterocycles. The first-order valence-corrected chi connectivity index (χ1v) is 6.81. The Morgan fingerprint density at radius 2 is 2.00 bits per heavy atom. The molecule has 0 spiro atoms. The molecular weight excluding hydrogens is 275 g/mol. The molecule has 0 atom stereocenters. The van der Waals surface area contributed by atoms with Crippen molar-refractivity contribution in [3.8, 4) is 0 Å². The molecule has 1 aromatic heterocycles. The zero-order chi connectivity index (χ0) is 15.7. The third-order valence-corrected chi connectivity index (χ3v) is 3.84. The molecule has 0 saturated carbocycles. The Labute approximate surface area is 123 Å². The van der Waals surface area contributed by atoms with Crippen LogP contribution >= 0.6 is 0 Å². The molecule has 0 bridgehead atoms. The van der Waals surface area contributed by atoms with Crippen LogP contribution in [0.4, 0.5) is 4.79 Å². The lowest BCUT2D eigenvalue weighted by Crippen LogP contribution is -2.41. The summed E-state index contributed by atoms with van der Waals surface area (Å²) in [5, 5.41) is 12.6. The SMILES string of the molecule is CC1(C)OB(c2cnn(CCNNC(=O)O)c2)OC1(C)C. The molecule has 1 aliphatic rings. The third kappa shape index (κ3) is 3.55. The first kappa shape index (κ1) is 15.8. The second-order valence-electron chi connectivity index (χ2n) is 5.98. The summed E-state index contributed by atoms with van der Waals surface area (Å²) in [5.41, 5.74) is 4.72. The highest BCUT2D eigenvalue weighted by Crippen LogP contribution is 2.36. The van der Waals surface area contributed by atoms with E-state index in [4.69, 9.17) is 14.4 Å². The lowest BCUT2D eigenvalue weighted by molar-refractivity contribution is 0.00578. The van der Waals surface area contributed by atoms with Gasteiger partial charge in [0.2, 0.25) is 0 Å². The van der Waals surface area contributed by atoms with Gasteiger partial charge in [-0.1, -0.05) is 0 Å². The number of aromatic nitrogens is 2. The predicted molar refractivity (Wildman–Crippen MR) is 77.1 cm³/mol. The maximum Gasteiger partial charge on any atom is 0.498 e. The molecule has 9 heteroatoms. The van der Waals surface area contributed by atoms with Crippen molar-refractivity contribution in [3.63, 3.8) is 0 Å². The fourth-order valence-corrected chi connectivity index (χ4v) is 1.91. The summed E-state index contributed by atoms with van der Waals surface area (Å²) < 4.78 is 13.6. The van der Waals surface area contributed by atoms with Crippen molar-refractivity contribution in [2.24, 2.45) is 0 Å². The number of hydrogen-bond acceptors (Lipinski definition) is 5. The summed E-state index contributed by atoms with van der Waals surface area (Å²) in [4.78, 5) is 10.3. The van der Waals surface area contributed by atoms with Gasteiger partial charge in [0.1, 0.15) is 0 Å².